The first kappa shape index (κ1) is 62.5. The first-order chi connectivity index (χ1) is 37.9. The third-order valence-electron chi connectivity index (χ3n) is 11.5. The highest BCUT2D eigenvalue weighted by Gasteiger charge is 2.56. The smallest absolute Gasteiger partial charge is 0.407 e. The molecule has 0 unspecified atom stereocenters. The number of ether oxygens (including phenoxy) is 15. The molecule has 0 saturated carbocycles. The summed E-state index contributed by atoms with van der Waals surface area (Å²) in [6.07, 6.45) is -8.72. The molecule has 2 aliphatic rings. The van der Waals surface area contributed by atoms with Crippen LogP contribution in [0.2, 0.25) is 0 Å². The van der Waals surface area contributed by atoms with Crippen LogP contribution < -0.4 is 15.4 Å². The second-order valence-electron chi connectivity index (χ2n) is 17.2. The molecule has 3 aromatic rings. The number of carbonyl (C=O) groups is 6. The van der Waals surface area contributed by atoms with Gasteiger partial charge in [0.1, 0.15) is 12.4 Å². The molecule has 0 radical (unpaired) electrons. The zero-order valence-electron chi connectivity index (χ0n) is 44.5. The van der Waals surface area contributed by atoms with Gasteiger partial charge in [-0.15, -0.1) is 0 Å². The summed E-state index contributed by atoms with van der Waals surface area (Å²) in [6, 6.07) is 20.7. The van der Waals surface area contributed by atoms with E-state index in [0.717, 1.165) is 39.0 Å². The van der Waals surface area contributed by atoms with Gasteiger partial charge in [0.25, 0.3) is 0 Å². The van der Waals surface area contributed by atoms with E-state index < -0.39 is 73.2 Å². The van der Waals surface area contributed by atoms with E-state index >= 15 is 0 Å². The van der Waals surface area contributed by atoms with Crippen molar-refractivity contribution >= 4 is 41.6 Å². The number of hydrogen-bond donors (Lipinski definition) is 3. The molecule has 1 saturated heterocycles. The van der Waals surface area contributed by atoms with Crippen LogP contribution >= 0.6 is 0 Å². The first-order valence-corrected chi connectivity index (χ1v) is 25.6. The number of aliphatic hydroxyl groups excluding tert-OH is 1. The molecule has 0 bridgehead atoms. The van der Waals surface area contributed by atoms with E-state index in [-0.39, 0.29) is 50.2 Å². The summed E-state index contributed by atoms with van der Waals surface area (Å²) >= 11 is 0. The molecule has 24 nitrogen and oxygen atoms in total. The molecule has 0 aromatic heterocycles. The predicted molar refractivity (Wildman–Crippen MR) is 273 cm³/mol. The van der Waals surface area contributed by atoms with Gasteiger partial charge in [0.05, 0.1) is 132 Å². The number of hydrogen-bond acceptors (Lipinski definition) is 22. The van der Waals surface area contributed by atoms with Gasteiger partial charge in [0.2, 0.25) is 18.3 Å². The number of methoxy groups -OCH3 is 1. The Hall–Kier alpha value is -6.32. The molecule has 0 spiro atoms. The maximum atomic E-state index is 13.0. The summed E-state index contributed by atoms with van der Waals surface area (Å²) in [7, 11) is 1.06. The Morgan fingerprint density at radius 1 is 0.564 bits per heavy atom. The molecular formula is C54H72N2O22. The quantitative estimate of drug-likeness (QED) is 0.0424. The average Bonchev–Trinajstić information content (AvgIpc) is 3.77. The molecule has 3 N–H and O–H groups in total. The Morgan fingerprint density at radius 3 is 1.51 bits per heavy atom. The fourth-order valence-corrected chi connectivity index (χ4v) is 8.07. The number of nitrogens with one attached hydrogen (secondary N) is 2. The van der Waals surface area contributed by atoms with Crippen LogP contribution in [0.3, 0.4) is 0 Å². The van der Waals surface area contributed by atoms with Crippen molar-refractivity contribution in [2.24, 2.45) is 0 Å². The predicted octanol–water partition coefficient (Wildman–Crippen LogP) is 3.25. The second kappa shape index (κ2) is 35.2. The van der Waals surface area contributed by atoms with Gasteiger partial charge in [-0.05, 0) is 39.9 Å². The van der Waals surface area contributed by atoms with Gasteiger partial charge in [0, 0.05) is 33.2 Å². The van der Waals surface area contributed by atoms with E-state index in [0.29, 0.717) is 98.0 Å². The number of carbonyl (C=O) groups excluding carboxylic acids is 6. The lowest BCUT2D eigenvalue weighted by Gasteiger charge is -2.43. The van der Waals surface area contributed by atoms with Crippen LogP contribution in [0.5, 0.6) is 5.75 Å². The number of fused-ring (bicyclic) bond motifs is 3. The lowest BCUT2D eigenvalue weighted by atomic mass is 9.97. The minimum absolute atomic E-state index is 0.00774. The topological polar surface area (TPSA) is 285 Å². The van der Waals surface area contributed by atoms with Crippen LogP contribution in [0, 0.1) is 0 Å². The third-order valence-corrected chi connectivity index (χ3v) is 11.5. The van der Waals surface area contributed by atoms with Crippen LogP contribution in [0.15, 0.2) is 66.7 Å². The number of alkyl carbamates (subject to hydrolysis) is 1. The van der Waals surface area contributed by atoms with Gasteiger partial charge < -0.3 is 86.8 Å². The summed E-state index contributed by atoms with van der Waals surface area (Å²) in [5, 5.41) is 15.2. The molecule has 430 valence electrons. The van der Waals surface area contributed by atoms with Crippen molar-refractivity contribution in [1.29, 1.82) is 0 Å². The summed E-state index contributed by atoms with van der Waals surface area (Å²) < 4.78 is 82.5. The van der Waals surface area contributed by atoms with Crippen LogP contribution in [0.1, 0.15) is 49.8 Å². The van der Waals surface area contributed by atoms with Crippen LogP contribution in [0.4, 0.5) is 10.5 Å². The fraction of sp³-hybridized carbons (Fsp3) is 0.556. The summed E-state index contributed by atoms with van der Waals surface area (Å²) in [5.74, 6) is -4.14. The van der Waals surface area contributed by atoms with Gasteiger partial charge in [0.15, 0.2) is 18.3 Å². The standard InChI is InChI=1S/C54H72N2O22/c1-36(58)74-48-49(75-37(2)59)51(76-38(3)60)53(78-50(48)52(62)64-4)77-46-14-13-39(34-57)33-45(46)56-47(61)15-17-65-19-21-67-23-25-69-27-29-71-31-32-72-30-28-70-26-24-68-22-20-66-18-16-55-54(63)73-35-44-42-11-7-5-9-40(42)41-10-6-8-12-43(41)44/h5-14,33,44,48-51,53,57H,15-32,34-35H2,1-4H3,(H,55,63)(H,56,61)/t48-,49-,50-,51+,53+/m0/s1. The van der Waals surface area contributed by atoms with E-state index in [1.54, 1.807) is 0 Å². The Labute approximate surface area is 452 Å². The van der Waals surface area contributed by atoms with Crippen molar-refractivity contribution in [3.05, 3.63) is 83.4 Å². The van der Waals surface area contributed by atoms with Gasteiger partial charge >= 0.3 is 30.0 Å². The maximum Gasteiger partial charge on any atom is 0.407 e. The minimum atomic E-state index is -1.70. The van der Waals surface area contributed by atoms with Gasteiger partial charge in [-0.1, -0.05) is 54.6 Å². The largest absolute Gasteiger partial charge is 0.467 e. The SMILES string of the molecule is COC(=O)[C@H]1O[C@@H](Oc2ccc(CO)cc2NC(=O)CCOCCOCCOCCOCCOCCOCCOCCOCCNC(=O)OCC2c3ccccc3-c3ccccc32)[C@H](OC(C)=O)[C@@H](OC(C)=O)[C@@H]1OC(C)=O. The molecule has 1 fully saturated rings. The Kier molecular flexibility index (Phi) is 28.2. The van der Waals surface area contributed by atoms with Gasteiger partial charge in [-0.3, -0.25) is 19.2 Å². The number of anilines is 1. The van der Waals surface area contributed by atoms with E-state index in [2.05, 4.69) is 34.9 Å². The lowest BCUT2D eigenvalue weighted by Crippen LogP contribution is -2.64. The minimum Gasteiger partial charge on any atom is -0.467 e. The molecule has 24 heteroatoms. The molecule has 2 amide bonds. The average molecular weight is 1100 g/mol. The maximum absolute atomic E-state index is 13.0. The van der Waals surface area contributed by atoms with E-state index in [1.807, 2.05) is 24.3 Å². The Morgan fingerprint density at radius 2 is 1.03 bits per heavy atom. The first-order valence-electron chi connectivity index (χ1n) is 25.6. The normalized spacial score (nSPS) is 17.5. The van der Waals surface area contributed by atoms with Crippen LogP contribution in [0.25, 0.3) is 11.1 Å². The highest BCUT2D eigenvalue weighted by Crippen LogP contribution is 2.44. The molecule has 5 atom stereocenters. The molecule has 3 aromatic carbocycles. The Bertz CT molecular complexity index is 2290. The summed E-state index contributed by atoms with van der Waals surface area (Å²) in [5.41, 5.74) is 5.14. The number of rotatable bonds is 37. The monoisotopic (exact) mass is 1100 g/mol. The third kappa shape index (κ3) is 21.5. The molecule has 1 aliphatic carbocycles. The van der Waals surface area contributed by atoms with Crippen molar-refractivity contribution in [2.75, 3.05) is 131 Å². The van der Waals surface area contributed by atoms with Crippen LogP contribution in [-0.2, 0) is 96.9 Å². The highest BCUT2D eigenvalue weighted by molar-refractivity contribution is 5.92. The van der Waals surface area contributed by atoms with Crippen molar-refractivity contribution in [1.82, 2.24) is 5.32 Å². The van der Waals surface area contributed by atoms with E-state index in [9.17, 15) is 33.9 Å². The molecule has 1 heterocycles. The van der Waals surface area contributed by atoms with Gasteiger partial charge in [-0.2, -0.15) is 0 Å². The van der Waals surface area contributed by atoms with Crippen LogP contribution in [-0.4, -0.2) is 198 Å². The highest BCUT2D eigenvalue weighted by atomic mass is 16.7. The summed E-state index contributed by atoms with van der Waals surface area (Å²) in [4.78, 5) is 74.6. The zero-order valence-corrected chi connectivity index (χ0v) is 44.5. The number of esters is 4. The van der Waals surface area contributed by atoms with E-state index in [1.165, 1.54) is 29.3 Å². The number of amides is 2. The lowest BCUT2D eigenvalue weighted by molar-refractivity contribution is -0.282. The molecule has 1 aliphatic heterocycles. The Balaban J connectivity index is 0.815. The van der Waals surface area contributed by atoms with Crippen molar-refractivity contribution < 1.29 is 105 Å². The molecular weight excluding hydrogens is 1030 g/mol. The fourth-order valence-electron chi connectivity index (χ4n) is 8.07. The van der Waals surface area contributed by atoms with Crippen molar-refractivity contribution in [2.45, 2.75) is 70.4 Å². The molecule has 78 heavy (non-hydrogen) atoms. The molecule has 5 rings (SSSR count). The van der Waals surface area contributed by atoms with Crippen molar-refractivity contribution in [3.63, 3.8) is 0 Å². The summed E-state index contributed by atoms with van der Waals surface area (Å²) in [6.45, 7) is 8.82. The van der Waals surface area contributed by atoms with Gasteiger partial charge in [-0.25, -0.2) is 9.59 Å². The van der Waals surface area contributed by atoms with E-state index in [4.69, 9.17) is 71.1 Å². The second-order valence-corrected chi connectivity index (χ2v) is 17.2. The number of benzene rings is 3. The number of aliphatic hydroxyl groups is 1. The van der Waals surface area contributed by atoms with Crippen molar-refractivity contribution in [3.8, 4) is 16.9 Å². The zero-order chi connectivity index (χ0) is 55.9.